The number of carbonyl (C=O) groups excluding carboxylic acids is 3. The smallest absolute Gasteiger partial charge is 0.429 e. The molecule has 1 aliphatic rings. The molecule has 4 rings (SSSR count). The molecule has 0 aromatic heterocycles. The zero-order chi connectivity index (χ0) is 28.3. The highest BCUT2D eigenvalue weighted by atomic mass is 16.6. The summed E-state index contributed by atoms with van der Waals surface area (Å²) in [5.41, 5.74) is 3.70. The number of carbonyl (C=O) groups is 3. The predicted molar refractivity (Wildman–Crippen MR) is 157 cm³/mol. The maximum Gasteiger partial charge on any atom is 0.429 e. The second-order valence-corrected chi connectivity index (χ2v) is 9.71. The summed E-state index contributed by atoms with van der Waals surface area (Å²) in [6, 6.07) is 24.6. The van der Waals surface area contributed by atoms with E-state index in [0.717, 1.165) is 49.2 Å². The van der Waals surface area contributed by atoms with E-state index in [9.17, 15) is 14.4 Å². The van der Waals surface area contributed by atoms with Gasteiger partial charge >= 0.3 is 6.09 Å². The van der Waals surface area contributed by atoms with Crippen LogP contribution in [-0.4, -0.2) is 74.7 Å². The van der Waals surface area contributed by atoms with E-state index in [4.69, 9.17) is 4.74 Å². The lowest BCUT2D eigenvalue weighted by Crippen LogP contribution is -2.50. The predicted octanol–water partition coefficient (Wildman–Crippen LogP) is 4.63. The first-order chi connectivity index (χ1) is 19.5. The van der Waals surface area contributed by atoms with Gasteiger partial charge in [0.2, 0.25) is 5.91 Å². The van der Waals surface area contributed by atoms with Crippen molar-refractivity contribution in [3.05, 3.63) is 84.4 Å². The molecule has 0 spiro atoms. The molecule has 0 atom stereocenters. The fraction of sp³-hybridized carbons (Fsp3) is 0.323. The van der Waals surface area contributed by atoms with Crippen LogP contribution in [0.1, 0.15) is 29.6 Å². The quantitative estimate of drug-likeness (QED) is 0.387. The van der Waals surface area contributed by atoms with Crippen LogP contribution in [0.25, 0.3) is 11.1 Å². The SMILES string of the molecule is CNCC(=O)Nc1cccc(C(=O)N(C)CCOC(=O)N(c2ccccc2-c2ccccc2)N2CCCCC2)c1. The highest BCUT2D eigenvalue weighted by molar-refractivity contribution is 5.97. The van der Waals surface area contributed by atoms with Crippen molar-refractivity contribution in [3.63, 3.8) is 0 Å². The number of hydrazine groups is 1. The largest absolute Gasteiger partial charge is 0.446 e. The van der Waals surface area contributed by atoms with Gasteiger partial charge in [0.1, 0.15) is 6.61 Å². The summed E-state index contributed by atoms with van der Waals surface area (Å²) in [7, 11) is 3.35. The number of anilines is 2. The minimum atomic E-state index is -0.472. The van der Waals surface area contributed by atoms with Gasteiger partial charge in [-0.2, -0.15) is 0 Å². The molecule has 0 aliphatic carbocycles. The molecule has 3 aromatic rings. The van der Waals surface area contributed by atoms with Gasteiger partial charge in [-0.15, -0.1) is 0 Å². The molecule has 0 bridgehead atoms. The van der Waals surface area contributed by atoms with E-state index in [2.05, 4.69) is 15.6 Å². The third kappa shape index (κ3) is 7.46. The number of piperidine rings is 1. The zero-order valence-corrected chi connectivity index (χ0v) is 23.1. The van der Waals surface area contributed by atoms with E-state index in [0.29, 0.717) is 11.3 Å². The lowest BCUT2D eigenvalue weighted by molar-refractivity contribution is -0.115. The summed E-state index contributed by atoms with van der Waals surface area (Å²) >= 11 is 0. The highest BCUT2D eigenvalue weighted by Crippen LogP contribution is 2.33. The van der Waals surface area contributed by atoms with Crippen LogP contribution in [0.4, 0.5) is 16.2 Å². The molecule has 1 fully saturated rings. The highest BCUT2D eigenvalue weighted by Gasteiger charge is 2.28. The van der Waals surface area contributed by atoms with Crippen molar-refractivity contribution in [1.29, 1.82) is 0 Å². The summed E-state index contributed by atoms with van der Waals surface area (Å²) in [6.07, 6.45) is 2.67. The van der Waals surface area contributed by atoms with E-state index in [1.165, 1.54) is 4.90 Å². The second kappa shape index (κ2) is 14.3. The molecular weight excluding hydrogens is 506 g/mol. The van der Waals surface area contributed by atoms with Crippen LogP contribution in [0.15, 0.2) is 78.9 Å². The first-order valence-corrected chi connectivity index (χ1v) is 13.6. The average molecular weight is 544 g/mol. The molecule has 0 saturated carbocycles. The number of para-hydroxylation sites is 1. The fourth-order valence-corrected chi connectivity index (χ4v) is 4.71. The van der Waals surface area contributed by atoms with Gasteiger partial charge in [0.15, 0.2) is 0 Å². The molecule has 210 valence electrons. The van der Waals surface area contributed by atoms with Gasteiger partial charge in [-0.25, -0.2) is 14.8 Å². The summed E-state index contributed by atoms with van der Waals surface area (Å²) in [6.45, 7) is 1.95. The molecule has 1 heterocycles. The van der Waals surface area contributed by atoms with Gasteiger partial charge in [0.25, 0.3) is 5.91 Å². The van der Waals surface area contributed by atoms with Crippen molar-refractivity contribution in [2.75, 3.05) is 57.2 Å². The van der Waals surface area contributed by atoms with Crippen LogP contribution in [0.2, 0.25) is 0 Å². The van der Waals surface area contributed by atoms with Crippen LogP contribution in [-0.2, 0) is 9.53 Å². The van der Waals surface area contributed by atoms with Crippen molar-refractivity contribution < 1.29 is 19.1 Å². The number of ether oxygens (including phenoxy) is 1. The van der Waals surface area contributed by atoms with E-state index in [1.54, 1.807) is 43.4 Å². The van der Waals surface area contributed by atoms with Gasteiger partial charge in [-0.05, 0) is 49.7 Å². The molecule has 40 heavy (non-hydrogen) atoms. The van der Waals surface area contributed by atoms with E-state index in [-0.39, 0.29) is 31.5 Å². The lowest BCUT2D eigenvalue weighted by atomic mass is 10.0. The van der Waals surface area contributed by atoms with Crippen molar-refractivity contribution in [3.8, 4) is 11.1 Å². The summed E-state index contributed by atoms with van der Waals surface area (Å²) in [4.78, 5) is 40.0. The Kier molecular flexibility index (Phi) is 10.3. The van der Waals surface area contributed by atoms with Gasteiger partial charge in [-0.3, -0.25) is 9.59 Å². The molecular formula is C31H37N5O4. The minimum Gasteiger partial charge on any atom is -0.446 e. The second-order valence-electron chi connectivity index (χ2n) is 9.71. The van der Waals surface area contributed by atoms with Crippen LogP contribution >= 0.6 is 0 Å². The fourth-order valence-electron chi connectivity index (χ4n) is 4.71. The van der Waals surface area contributed by atoms with E-state index < -0.39 is 6.09 Å². The Bertz CT molecular complexity index is 1290. The third-order valence-corrected chi connectivity index (χ3v) is 6.73. The van der Waals surface area contributed by atoms with Gasteiger partial charge in [0, 0.05) is 37.0 Å². The van der Waals surface area contributed by atoms with Crippen LogP contribution in [0.3, 0.4) is 0 Å². The molecule has 0 radical (unpaired) electrons. The Labute approximate surface area is 235 Å². The monoisotopic (exact) mass is 543 g/mol. The number of nitrogens with zero attached hydrogens (tertiary/aromatic N) is 3. The lowest BCUT2D eigenvalue weighted by Gasteiger charge is -2.37. The standard InChI is InChI=1S/C31H37N5O4/c1-32-23-29(37)33-26-15-11-14-25(22-26)30(38)34(2)20-21-40-31(39)36(35-18-9-4-10-19-35)28-17-8-7-16-27(28)24-12-5-3-6-13-24/h3,5-8,11-17,22,32H,4,9-10,18-21,23H2,1-2H3,(H,33,37). The number of benzene rings is 3. The van der Waals surface area contributed by atoms with E-state index >= 15 is 0 Å². The first kappa shape index (κ1) is 28.8. The minimum absolute atomic E-state index is 0.0392. The number of nitrogens with one attached hydrogen (secondary N) is 2. The maximum absolute atomic E-state index is 13.6. The topological polar surface area (TPSA) is 94.2 Å². The molecule has 0 unspecified atom stereocenters. The normalized spacial score (nSPS) is 13.3. The van der Waals surface area contributed by atoms with Crippen LogP contribution < -0.4 is 15.6 Å². The first-order valence-electron chi connectivity index (χ1n) is 13.6. The molecule has 3 aromatic carbocycles. The molecule has 9 heteroatoms. The Hall–Kier alpha value is -4.21. The van der Waals surface area contributed by atoms with Gasteiger partial charge in [0.05, 0.1) is 18.8 Å². The number of rotatable bonds is 10. The molecule has 2 N–H and O–H groups in total. The molecule has 9 nitrogen and oxygen atoms in total. The number of hydrogen-bond acceptors (Lipinski definition) is 6. The molecule has 3 amide bonds. The van der Waals surface area contributed by atoms with Crippen LogP contribution in [0, 0.1) is 0 Å². The van der Waals surface area contributed by atoms with E-state index in [1.807, 2.05) is 54.6 Å². The maximum atomic E-state index is 13.6. The van der Waals surface area contributed by atoms with Crippen molar-refractivity contribution >= 4 is 29.3 Å². The number of hydrogen-bond donors (Lipinski definition) is 2. The Morgan fingerprint density at radius 3 is 2.38 bits per heavy atom. The van der Waals surface area contributed by atoms with Crippen molar-refractivity contribution in [2.24, 2.45) is 0 Å². The third-order valence-electron chi connectivity index (χ3n) is 6.73. The Balaban J connectivity index is 1.43. The summed E-state index contributed by atoms with van der Waals surface area (Å²) < 4.78 is 5.75. The Morgan fingerprint density at radius 2 is 1.62 bits per heavy atom. The van der Waals surface area contributed by atoms with Crippen molar-refractivity contribution in [1.82, 2.24) is 15.2 Å². The van der Waals surface area contributed by atoms with Gasteiger partial charge in [-0.1, -0.05) is 61.0 Å². The van der Waals surface area contributed by atoms with Crippen LogP contribution in [0.5, 0.6) is 0 Å². The zero-order valence-electron chi connectivity index (χ0n) is 23.1. The summed E-state index contributed by atoms with van der Waals surface area (Å²) in [5.74, 6) is -0.428. The van der Waals surface area contributed by atoms with Gasteiger partial charge < -0.3 is 20.3 Å². The average Bonchev–Trinajstić information content (AvgIpc) is 2.98. The number of likely N-dealkylation sites (N-methyl/N-ethyl adjacent to an activating group) is 2. The number of amides is 3. The summed E-state index contributed by atoms with van der Waals surface area (Å²) in [5, 5.41) is 9.26. The van der Waals surface area contributed by atoms with Crippen molar-refractivity contribution in [2.45, 2.75) is 19.3 Å². The Morgan fingerprint density at radius 1 is 0.900 bits per heavy atom. The molecule has 1 aliphatic heterocycles. The molecule has 1 saturated heterocycles.